The minimum atomic E-state index is -4.79. The number of amides is 1. The van der Waals surface area contributed by atoms with E-state index in [0.29, 0.717) is 22.2 Å². The SMILES string of the molecule is CC#Cc1ccc(C(N)=O)c2c1cnn2C(C)c1ccc(OC(F)(F)F)cn1. The summed E-state index contributed by atoms with van der Waals surface area (Å²) >= 11 is 0. The zero-order chi connectivity index (χ0) is 20.5. The van der Waals surface area contributed by atoms with Gasteiger partial charge in [-0.3, -0.25) is 14.5 Å². The number of fused-ring (bicyclic) bond motifs is 1. The Hall–Kier alpha value is -3.54. The number of carbonyl (C=O) groups excluding carboxylic acids is 1. The second-order valence-corrected chi connectivity index (χ2v) is 5.89. The van der Waals surface area contributed by atoms with Crippen molar-refractivity contribution in [2.24, 2.45) is 5.73 Å². The molecule has 2 N–H and O–H groups in total. The van der Waals surface area contributed by atoms with Gasteiger partial charge in [0, 0.05) is 10.9 Å². The predicted octanol–water partition coefficient (Wildman–Crippen LogP) is 3.41. The number of nitrogens with two attached hydrogens (primary N) is 1. The van der Waals surface area contributed by atoms with Crippen LogP contribution in [0.25, 0.3) is 10.9 Å². The van der Waals surface area contributed by atoms with Crippen LogP contribution in [0, 0.1) is 11.8 Å². The van der Waals surface area contributed by atoms with Crippen LogP contribution < -0.4 is 10.5 Å². The molecule has 144 valence electrons. The molecule has 2 aromatic heterocycles. The van der Waals surface area contributed by atoms with Crippen LogP contribution in [0.1, 0.15) is 41.5 Å². The molecule has 6 nitrogen and oxygen atoms in total. The van der Waals surface area contributed by atoms with Crippen LogP contribution in [-0.4, -0.2) is 27.0 Å². The Kier molecular flexibility index (Phi) is 4.96. The van der Waals surface area contributed by atoms with E-state index in [9.17, 15) is 18.0 Å². The molecule has 28 heavy (non-hydrogen) atoms. The van der Waals surface area contributed by atoms with E-state index >= 15 is 0 Å². The van der Waals surface area contributed by atoms with Gasteiger partial charge in [-0.05, 0) is 38.1 Å². The quantitative estimate of drug-likeness (QED) is 0.695. The van der Waals surface area contributed by atoms with Crippen LogP contribution in [0.5, 0.6) is 5.75 Å². The van der Waals surface area contributed by atoms with E-state index in [1.54, 1.807) is 36.9 Å². The first-order valence-corrected chi connectivity index (χ1v) is 8.15. The lowest BCUT2D eigenvalue weighted by Crippen LogP contribution is -2.18. The first kappa shape index (κ1) is 19.2. The molecule has 1 aromatic carbocycles. The first-order chi connectivity index (χ1) is 13.2. The van der Waals surface area contributed by atoms with Gasteiger partial charge in [0.1, 0.15) is 5.75 Å². The summed E-state index contributed by atoms with van der Waals surface area (Å²) in [6, 6.07) is 5.35. The molecule has 0 aliphatic heterocycles. The predicted molar refractivity (Wildman–Crippen MR) is 95.5 cm³/mol. The molecular formula is C19H15F3N4O2. The van der Waals surface area contributed by atoms with Crippen LogP contribution in [-0.2, 0) is 0 Å². The Morgan fingerprint density at radius 2 is 2.00 bits per heavy atom. The highest BCUT2D eigenvalue weighted by Crippen LogP contribution is 2.28. The van der Waals surface area contributed by atoms with E-state index in [0.717, 1.165) is 6.20 Å². The number of hydrogen-bond acceptors (Lipinski definition) is 4. The average Bonchev–Trinajstić information content (AvgIpc) is 3.06. The van der Waals surface area contributed by atoms with Crippen molar-refractivity contribution in [3.05, 3.63) is 53.5 Å². The van der Waals surface area contributed by atoms with Gasteiger partial charge in [0.25, 0.3) is 5.91 Å². The van der Waals surface area contributed by atoms with Gasteiger partial charge in [-0.15, -0.1) is 19.1 Å². The molecule has 0 saturated heterocycles. The highest BCUT2D eigenvalue weighted by Gasteiger charge is 2.31. The number of hydrogen-bond donors (Lipinski definition) is 1. The molecule has 3 rings (SSSR count). The van der Waals surface area contributed by atoms with Gasteiger partial charge in [-0.1, -0.05) is 5.92 Å². The molecule has 2 heterocycles. The summed E-state index contributed by atoms with van der Waals surface area (Å²) < 4.78 is 42.3. The molecule has 0 aliphatic rings. The molecule has 0 saturated carbocycles. The topological polar surface area (TPSA) is 83.0 Å². The largest absolute Gasteiger partial charge is 0.573 e. The molecule has 0 aliphatic carbocycles. The summed E-state index contributed by atoms with van der Waals surface area (Å²) in [5.74, 6) is 4.69. The number of pyridine rings is 1. The number of alkyl halides is 3. The monoisotopic (exact) mass is 388 g/mol. The zero-order valence-corrected chi connectivity index (χ0v) is 14.9. The van der Waals surface area contributed by atoms with Gasteiger partial charge in [0.15, 0.2) is 0 Å². The van der Waals surface area contributed by atoms with Crippen molar-refractivity contribution >= 4 is 16.8 Å². The minimum absolute atomic E-state index is 0.262. The molecule has 0 fully saturated rings. The maximum Gasteiger partial charge on any atom is 0.573 e. The number of rotatable bonds is 4. The molecule has 9 heteroatoms. The Morgan fingerprint density at radius 1 is 1.25 bits per heavy atom. The van der Waals surface area contributed by atoms with Gasteiger partial charge in [0.2, 0.25) is 0 Å². The van der Waals surface area contributed by atoms with Gasteiger partial charge in [0.05, 0.1) is 35.2 Å². The summed E-state index contributed by atoms with van der Waals surface area (Å²) in [4.78, 5) is 15.9. The Bertz CT molecular complexity index is 1090. The van der Waals surface area contributed by atoms with E-state index in [2.05, 4.69) is 26.7 Å². The van der Waals surface area contributed by atoms with Crippen molar-refractivity contribution in [1.82, 2.24) is 14.8 Å². The standard InChI is InChI=1S/C19H15F3N4O2/c1-3-4-12-5-7-14(18(23)27)17-15(12)10-25-26(17)11(2)16-8-6-13(9-24-16)28-19(20,21)22/h5-11H,1-2H3,(H2,23,27). The van der Waals surface area contributed by atoms with Crippen molar-refractivity contribution in [3.8, 4) is 17.6 Å². The van der Waals surface area contributed by atoms with Crippen LogP contribution in [0.4, 0.5) is 13.2 Å². The van der Waals surface area contributed by atoms with Crippen molar-refractivity contribution in [1.29, 1.82) is 0 Å². The van der Waals surface area contributed by atoms with E-state index in [-0.39, 0.29) is 5.56 Å². The summed E-state index contributed by atoms with van der Waals surface area (Å²) in [5.41, 5.74) is 7.36. The molecule has 0 radical (unpaired) electrons. The van der Waals surface area contributed by atoms with Gasteiger partial charge in [-0.25, -0.2) is 0 Å². The molecule has 1 atom stereocenters. The minimum Gasteiger partial charge on any atom is -0.404 e. The molecular weight excluding hydrogens is 373 g/mol. The Balaban J connectivity index is 2.06. The lowest BCUT2D eigenvalue weighted by Gasteiger charge is -2.15. The zero-order valence-electron chi connectivity index (χ0n) is 14.9. The fourth-order valence-corrected chi connectivity index (χ4v) is 2.86. The smallest absolute Gasteiger partial charge is 0.404 e. The number of halogens is 3. The molecule has 1 amide bonds. The van der Waals surface area contributed by atoms with Crippen LogP contribution in [0.2, 0.25) is 0 Å². The highest BCUT2D eigenvalue weighted by molar-refractivity contribution is 6.06. The van der Waals surface area contributed by atoms with Crippen LogP contribution in [0.15, 0.2) is 36.7 Å². The van der Waals surface area contributed by atoms with Crippen molar-refractivity contribution in [3.63, 3.8) is 0 Å². The van der Waals surface area contributed by atoms with E-state index in [1.807, 2.05) is 0 Å². The van der Waals surface area contributed by atoms with Crippen LogP contribution in [0.3, 0.4) is 0 Å². The normalized spacial score (nSPS) is 12.3. The van der Waals surface area contributed by atoms with Crippen molar-refractivity contribution < 1.29 is 22.7 Å². The Morgan fingerprint density at radius 3 is 2.57 bits per heavy atom. The second kappa shape index (κ2) is 7.23. The average molecular weight is 388 g/mol. The van der Waals surface area contributed by atoms with E-state index < -0.39 is 24.1 Å². The number of aromatic nitrogens is 3. The maximum atomic E-state index is 12.3. The molecule has 3 aromatic rings. The second-order valence-electron chi connectivity index (χ2n) is 5.89. The van der Waals surface area contributed by atoms with Crippen molar-refractivity contribution in [2.75, 3.05) is 0 Å². The third kappa shape index (κ3) is 3.76. The number of nitrogens with zero attached hydrogens (tertiary/aromatic N) is 3. The summed E-state index contributed by atoms with van der Waals surface area (Å²) in [6.07, 6.45) is -2.24. The van der Waals surface area contributed by atoms with E-state index in [4.69, 9.17) is 5.73 Å². The third-order valence-electron chi connectivity index (χ3n) is 4.07. The van der Waals surface area contributed by atoms with Gasteiger partial charge < -0.3 is 10.5 Å². The number of ether oxygens (including phenoxy) is 1. The van der Waals surface area contributed by atoms with Crippen molar-refractivity contribution in [2.45, 2.75) is 26.3 Å². The maximum absolute atomic E-state index is 12.3. The van der Waals surface area contributed by atoms with Gasteiger partial charge in [-0.2, -0.15) is 5.10 Å². The lowest BCUT2D eigenvalue weighted by atomic mass is 10.0. The summed E-state index contributed by atoms with van der Waals surface area (Å²) in [6.45, 7) is 3.44. The Labute approximate surface area is 158 Å². The molecule has 1 unspecified atom stereocenters. The lowest BCUT2D eigenvalue weighted by molar-refractivity contribution is -0.274. The fourth-order valence-electron chi connectivity index (χ4n) is 2.86. The number of carbonyl (C=O) groups is 1. The van der Waals surface area contributed by atoms with Crippen LogP contribution >= 0.6 is 0 Å². The first-order valence-electron chi connectivity index (χ1n) is 8.15. The fraction of sp³-hybridized carbons (Fsp3) is 0.211. The summed E-state index contributed by atoms with van der Waals surface area (Å²) in [7, 11) is 0. The summed E-state index contributed by atoms with van der Waals surface area (Å²) in [5, 5.41) is 4.98. The third-order valence-corrected chi connectivity index (χ3v) is 4.07. The van der Waals surface area contributed by atoms with Gasteiger partial charge >= 0.3 is 6.36 Å². The number of benzene rings is 1. The molecule has 0 bridgehead atoms. The van der Waals surface area contributed by atoms with E-state index in [1.165, 1.54) is 12.1 Å². The number of primary amides is 1. The molecule has 0 spiro atoms. The highest BCUT2D eigenvalue weighted by atomic mass is 19.4.